The van der Waals surface area contributed by atoms with Crippen LogP contribution in [0.5, 0.6) is 0 Å². The number of hydrogen-bond acceptors (Lipinski definition) is 5. The van der Waals surface area contributed by atoms with E-state index in [2.05, 4.69) is 0 Å². The van der Waals surface area contributed by atoms with Crippen molar-refractivity contribution in [1.29, 1.82) is 0 Å². The van der Waals surface area contributed by atoms with Crippen molar-refractivity contribution < 1.29 is 23.8 Å². The lowest BCUT2D eigenvalue weighted by Crippen LogP contribution is -2.14. The first-order valence-electron chi connectivity index (χ1n) is 6.65. The second-order valence-corrected chi connectivity index (χ2v) is 5.67. The molecule has 0 radical (unpaired) electrons. The molecule has 6 heteroatoms. The second kappa shape index (κ2) is 8.99. The second-order valence-electron chi connectivity index (χ2n) is 4.42. The van der Waals surface area contributed by atoms with Crippen molar-refractivity contribution in [2.75, 3.05) is 20.3 Å². The molecular weight excluding hydrogens is 387 g/mol. The van der Waals surface area contributed by atoms with Crippen LogP contribution >= 0.6 is 22.6 Å². The molecule has 1 rings (SSSR count). The molecule has 0 aliphatic carbocycles. The first kappa shape index (κ1) is 17.9. The van der Waals surface area contributed by atoms with Crippen LogP contribution in [-0.4, -0.2) is 38.4 Å². The molecule has 0 unspecified atom stereocenters. The van der Waals surface area contributed by atoms with Crippen LogP contribution in [0.25, 0.3) is 0 Å². The zero-order chi connectivity index (χ0) is 15.8. The summed E-state index contributed by atoms with van der Waals surface area (Å²) in [5, 5.41) is 0. The van der Waals surface area contributed by atoms with Crippen molar-refractivity contribution >= 4 is 34.5 Å². The number of carbonyl (C=O) groups is 2. The topological polar surface area (TPSA) is 61.8 Å². The van der Waals surface area contributed by atoms with Crippen LogP contribution in [0.3, 0.4) is 0 Å². The first-order valence-corrected chi connectivity index (χ1v) is 7.73. The van der Waals surface area contributed by atoms with Crippen LogP contribution in [-0.2, 0) is 14.2 Å². The zero-order valence-corrected chi connectivity index (χ0v) is 14.5. The molecule has 0 saturated carbocycles. The summed E-state index contributed by atoms with van der Waals surface area (Å²) in [6.07, 6.45) is 0.653. The third-order valence-corrected chi connectivity index (χ3v) is 3.43. The summed E-state index contributed by atoms with van der Waals surface area (Å²) in [4.78, 5) is 23.7. The quantitative estimate of drug-likeness (QED) is 0.515. The third-order valence-electron chi connectivity index (χ3n) is 2.80. The predicted molar refractivity (Wildman–Crippen MR) is 86.5 cm³/mol. The molecule has 0 aromatic heterocycles. The van der Waals surface area contributed by atoms with E-state index >= 15 is 0 Å². The van der Waals surface area contributed by atoms with Crippen LogP contribution in [0.15, 0.2) is 18.2 Å². The minimum atomic E-state index is -0.456. The Morgan fingerprint density at radius 2 is 1.71 bits per heavy atom. The molecule has 5 nitrogen and oxygen atoms in total. The van der Waals surface area contributed by atoms with Gasteiger partial charge >= 0.3 is 11.9 Å². The van der Waals surface area contributed by atoms with E-state index in [4.69, 9.17) is 14.2 Å². The summed E-state index contributed by atoms with van der Waals surface area (Å²) in [7, 11) is 1.61. The van der Waals surface area contributed by atoms with Crippen LogP contribution in [0.2, 0.25) is 0 Å². The Bertz CT molecular complexity index is 501. The molecule has 1 aromatic carbocycles. The maximum Gasteiger partial charge on any atom is 0.338 e. The van der Waals surface area contributed by atoms with Crippen molar-refractivity contribution in [2.24, 2.45) is 0 Å². The number of benzene rings is 1. The number of esters is 2. The van der Waals surface area contributed by atoms with Crippen molar-refractivity contribution in [3.63, 3.8) is 0 Å². The van der Waals surface area contributed by atoms with Gasteiger partial charge in [-0.1, -0.05) is 0 Å². The molecule has 21 heavy (non-hydrogen) atoms. The van der Waals surface area contributed by atoms with Gasteiger partial charge in [0.25, 0.3) is 0 Å². The fraction of sp³-hybridized carbons (Fsp3) is 0.467. The molecule has 0 aliphatic heterocycles. The molecule has 116 valence electrons. The predicted octanol–water partition coefficient (Wildman–Crippen LogP) is 3.05. The van der Waals surface area contributed by atoms with Gasteiger partial charge in [-0.3, -0.25) is 0 Å². The van der Waals surface area contributed by atoms with Crippen LogP contribution in [0, 0.1) is 3.57 Å². The Morgan fingerprint density at radius 3 is 2.24 bits per heavy atom. The first-order chi connectivity index (χ1) is 9.97. The lowest BCUT2D eigenvalue weighted by molar-refractivity contribution is 0.0391. The van der Waals surface area contributed by atoms with Crippen molar-refractivity contribution in [3.8, 4) is 0 Å². The molecule has 0 N–H and O–H groups in total. The van der Waals surface area contributed by atoms with Gasteiger partial charge in [-0.25, -0.2) is 9.59 Å². The van der Waals surface area contributed by atoms with Crippen molar-refractivity contribution in [2.45, 2.75) is 26.4 Å². The van der Waals surface area contributed by atoms with Gasteiger partial charge in [-0.15, -0.1) is 0 Å². The normalized spacial score (nSPS) is 11.8. The molecule has 0 saturated heterocycles. The van der Waals surface area contributed by atoms with Gasteiger partial charge in [0, 0.05) is 17.1 Å². The monoisotopic (exact) mass is 406 g/mol. The number of rotatable bonds is 7. The number of halogens is 1. The number of hydrogen-bond donors (Lipinski definition) is 0. The minimum absolute atomic E-state index is 0.0313. The minimum Gasteiger partial charge on any atom is -0.462 e. The van der Waals surface area contributed by atoms with Crippen LogP contribution in [0.4, 0.5) is 0 Å². The lowest BCUT2D eigenvalue weighted by Gasteiger charge is -2.10. The molecule has 0 fully saturated rings. The summed E-state index contributed by atoms with van der Waals surface area (Å²) in [6.45, 7) is 4.20. The van der Waals surface area contributed by atoms with E-state index in [1.165, 1.54) is 6.07 Å². The van der Waals surface area contributed by atoms with E-state index in [1.54, 1.807) is 26.2 Å². The van der Waals surface area contributed by atoms with Crippen molar-refractivity contribution in [1.82, 2.24) is 0 Å². The third kappa shape index (κ3) is 6.01. The van der Waals surface area contributed by atoms with E-state index in [0.717, 1.165) is 3.57 Å². The van der Waals surface area contributed by atoms with Gasteiger partial charge in [-0.2, -0.15) is 0 Å². The Kier molecular flexibility index (Phi) is 7.66. The molecule has 0 spiro atoms. The summed E-state index contributed by atoms with van der Waals surface area (Å²) in [5.41, 5.74) is 0.691. The van der Waals surface area contributed by atoms with E-state index in [1.807, 2.05) is 29.5 Å². The molecule has 0 heterocycles. The highest BCUT2D eigenvalue weighted by Gasteiger charge is 2.14. The van der Waals surface area contributed by atoms with Gasteiger partial charge in [0.2, 0.25) is 0 Å². The maximum absolute atomic E-state index is 12.0. The fourth-order valence-corrected chi connectivity index (χ4v) is 2.23. The van der Waals surface area contributed by atoms with Gasteiger partial charge in [0.15, 0.2) is 0 Å². The standard InChI is InChI=1S/C15H19IO5/c1-4-20-14(17)11-7-12(9-13(16)8-11)15(18)21-6-5-10(2)19-3/h7-10H,4-6H2,1-3H3/t10-/m1/s1. The average Bonchev–Trinajstić information content (AvgIpc) is 2.46. The molecular formula is C15H19IO5. The van der Waals surface area contributed by atoms with E-state index in [9.17, 15) is 9.59 Å². The highest BCUT2D eigenvalue weighted by molar-refractivity contribution is 14.1. The van der Waals surface area contributed by atoms with E-state index < -0.39 is 11.9 Å². The molecule has 1 atom stereocenters. The smallest absolute Gasteiger partial charge is 0.338 e. The van der Waals surface area contributed by atoms with E-state index in [-0.39, 0.29) is 12.7 Å². The Morgan fingerprint density at radius 1 is 1.14 bits per heavy atom. The SMILES string of the molecule is CCOC(=O)c1cc(I)cc(C(=O)OCC[C@@H](C)OC)c1. The van der Waals surface area contributed by atoms with Crippen LogP contribution in [0.1, 0.15) is 41.0 Å². The Labute approximate surface area is 138 Å². The summed E-state index contributed by atoms with van der Waals surface area (Å²) >= 11 is 2.04. The number of carbonyl (C=O) groups excluding carboxylic acids is 2. The summed E-state index contributed by atoms with van der Waals surface area (Å²) in [6, 6.07) is 4.83. The lowest BCUT2D eigenvalue weighted by atomic mass is 10.1. The van der Waals surface area contributed by atoms with Gasteiger partial charge < -0.3 is 14.2 Å². The maximum atomic E-state index is 12.0. The highest BCUT2D eigenvalue weighted by Crippen LogP contribution is 2.15. The Hall–Kier alpha value is -1.15. The largest absolute Gasteiger partial charge is 0.462 e. The summed E-state index contributed by atoms with van der Waals surface area (Å²) < 4.78 is 16.0. The van der Waals surface area contributed by atoms with E-state index in [0.29, 0.717) is 24.2 Å². The Balaban J connectivity index is 2.73. The van der Waals surface area contributed by atoms with Gasteiger partial charge in [0.1, 0.15) is 0 Å². The number of ether oxygens (including phenoxy) is 3. The summed E-state index contributed by atoms with van der Waals surface area (Å²) in [5.74, 6) is -0.902. The van der Waals surface area contributed by atoms with Crippen molar-refractivity contribution in [3.05, 3.63) is 32.9 Å². The number of methoxy groups -OCH3 is 1. The molecule has 1 aromatic rings. The van der Waals surface area contributed by atoms with Crippen LogP contribution < -0.4 is 0 Å². The van der Waals surface area contributed by atoms with Gasteiger partial charge in [-0.05, 0) is 54.6 Å². The average molecular weight is 406 g/mol. The highest BCUT2D eigenvalue weighted by atomic mass is 127. The molecule has 0 bridgehead atoms. The molecule has 0 amide bonds. The van der Waals surface area contributed by atoms with Gasteiger partial charge in [0.05, 0.1) is 30.4 Å². The zero-order valence-electron chi connectivity index (χ0n) is 12.3. The fourth-order valence-electron chi connectivity index (χ4n) is 1.56. The molecule has 0 aliphatic rings.